The number of rotatable bonds is 4. The average Bonchev–Trinajstić information content (AvgIpc) is 2.29. The van der Waals surface area contributed by atoms with E-state index in [4.69, 9.17) is 0 Å². The molecule has 1 aliphatic heterocycles. The van der Waals surface area contributed by atoms with Crippen LogP contribution < -0.4 is 5.32 Å². The fraction of sp³-hybridized carbons (Fsp3) is 0.867. The zero-order valence-corrected chi connectivity index (χ0v) is 13.1. The molecule has 1 aliphatic rings. The van der Waals surface area contributed by atoms with E-state index >= 15 is 0 Å². The summed E-state index contributed by atoms with van der Waals surface area (Å²) in [5, 5.41) is 2.79. The first-order chi connectivity index (χ1) is 8.67. The zero-order valence-electron chi connectivity index (χ0n) is 13.1. The topological polar surface area (TPSA) is 49.4 Å². The van der Waals surface area contributed by atoms with Crippen molar-refractivity contribution in [3.8, 4) is 0 Å². The van der Waals surface area contributed by atoms with Gasteiger partial charge in [-0.05, 0) is 24.7 Å². The number of hydrogen-bond donors (Lipinski definition) is 1. The van der Waals surface area contributed by atoms with Crippen LogP contribution in [-0.4, -0.2) is 35.3 Å². The molecule has 0 bridgehead atoms. The van der Waals surface area contributed by atoms with E-state index in [-0.39, 0.29) is 29.2 Å². The van der Waals surface area contributed by atoms with Crippen LogP contribution in [0, 0.1) is 11.3 Å². The van der Waals surface area contributed by atoms with E-state index in [9.17, 15) is 9.59 Å². The van der Waals surface area contributed by atoms with Crippen molar-refractivity contribution in [2.24, 2.45) is 11.3 Å². The van der Waals surface area contributed by atoms with Gasteiger partial charge in [-0.3, -0.25) is 9.59 Å². The second-order valence-electron chi connectivity index (χ2n) is 6.90. The number of amides is 2. The van der Waals surface area contributed by atoms with Crippen molar-refractivity contribution in [2.45, 2.75) is 66.5 Å². The van der Waals surface area contributed by atoms with Crippen molar-refractivity contribution in [1.82, 2.24) is 10.2 Å². The summed E-state index contributed by atoms with van der Waals surface area (Å²) in [6, 6.07) is -0.705. The molecule has 19 heavy (non-hydrogen) atoms. The van der Waals surface area contributed by atoms with E-state index in [0.29, 0.717) is 6.54 Å². The van der Waals surface area contributed by atoms with E-state index in [0.717, 1.165) is 12.8 Å². The van der Waals surface area contributed by atoms with Gasteiger partial charge in [-0.1, -0.05) is 41.0 Å². The highest BCUT2D eigenvalue weighted by molar-refractivity contribution is 5.96. The molecule has 0 spiro atoms. The minimum atomic E-state index is -0.396. The molecule has 1 heterocycles. The van der Waals surface area contributed by atoms with Crippen molar-refractivity contribution in [3.05, 3.63) is 0 Å². The molecular formula is C15H28N2O2. The molecule has 4 nitrogen and oxygen atoms in total. The standard InChI is InChI=1S/C15H28N2O2/c1-7-10(2)12-13(18)16-11(3)14(19)17(12)9-8-15(4,5)6/h10-12H,7-9H2,1-6H3,(H,16,18). The number of carbonyl (C=O) groups excluding carboxylic acids is 2. The van der Waals surface area contributed by atoms with Gasteiger partial charge in [0.2, 0.25) is 11.8 Å². The van der Waals surface area contributed by atoms with Gasteiger partial charge in [0.1, 0.15) is 12.1 Å². The maximum atomic E-state index is 12.3. The Hall–Kier alpha value is -1.06. The first-order valence-corrected chi connectivity index (χ1v) is 7.28. The lowest BCUT2D eigenvalue weighted by molar-refractivity contribution is -0.151. The Morgan fingerprint density at radius 2 is 1.89 bits per heavy atom. The Morgan fingerprint density at radius 3 is 2.37 bits per heavy atom. The molecule has 110 valence electrons. The molecule has 1 rings (SSSR count). The molecular weight excluding hydrogens is 240 g/mol. The Balaban J connectivity index is 2.89. The molecule has 0 saturated carbocycles. The molecule has 0 aromatic rings. The highest BCUT2D eigenvalue weighted by atomic mass is 16.2. The Kier molecular flexibility index (Phi) is 4.99. The van der Waals surface area contributed by atoms with Crippen LogP contribution in [0.15, 0.2) is 0 Å². The molecule has 1 saturated heterocycles. The summed E-state index contributed by atoms with van der Waals surface area (Å²) >= 11 is 0. The minimum Gasteiger partial charge on any atom is -0.343 e. The summed E-state index contributed by atoms with van der Waals surface area (Å²) in [5.74, 6) is 0.237. The van der Waals surface area contributed by atoms with E-state index < -0.39 is 6.04 Å². The number of nitrogens with one attached hydrogen (secondary N) is 1. The lowest BCUT2D eigenvalue weighted by atomic mass is 9.89. The highest BCUT2D eigenvalue weighted by Gasteiger charge is 2.40. The lowest BCUT2D eigenvalue weighted by Gasteiger charge is -2.41. The average molecular weight is 268 g/mol. The Morgan fingerprint density at radius 1 is 1.32 bits per heavy atom. The third-order valence-corrected chi connectivity index (χ3v) is 3.90. The van der Waals surface area contributed by atoms with Gasteiger partial charge in [-0.25, -0.2) is 0 Å². The summed E-state index contributed by atoms with van der Waals surface area (Å²) in [6.45, 7) is 13.0. The second kappa shape index (κ2) is 5.93. The number of nitrogens with zero attached hydrogens (tertiary/aromatic N) is 1. The molecule has 1 N–H and O–H groups in total. The third-order valence-electron chi connectivity index (χ3n) is 3.90. The van der Waals surface area contributed by atoms with E-state index in [1.165, 1.54) is 0 Å². The minimum absolute atomic E-state index is 0.00430. The molecule has 4 heteroatoms. The molecule has 3 unspecified atom stereocenters. The van der Waals surface area contributed by atoms with Crippen LogP contribution in [0.4, 0.5) is 0 Å². The van der Waals surface area contributed by atoms with Crippen molar-refractivity contribution in [3.63, 3.8) is 0 Å². The van der Waals surface area contributed by atoms with Crippen LogP contribution in [-0.2, 0) is 9.59 Å². The Labute approximate surface area is 116 Å². The van der Waals surface area contributed by atoms with Gasteiger partial charge in [0.25, 0.3) is 0 Å². The highest BCUT2D eigenvalue weighted by Crippen LogP contribution is 2.24. The summed E-state index contributed by atoms with van der Waals surface area (Å²) in [4.78, 5) is 26.3. The van der Waals surface area contributed by atoms with Crippen molar-refractivity contribution in [2.75, 3.05) is 6.54 Å². The molecule has 0 aliphatic carbocycles. The van der Waals surface area contributed by atoms with Gasteiger partial charge in [-0.2, -0.15) is 0 Å². The number of carbonyl (C=O) groups is 2. The lowest BCUT2D eigenvalue weighted by Crippen LogP contribution is -2.64. The predicted molar refractivity (Wildman–Crippen MR) is 76.6 cm³/mol. The van der Waals surface area contributed by atoms with E-state index in [2.05, 4.69) is 33.0 Å². The van der Waals surface area contributed by atoms with Gasteiger partial charge >= 0.3 is 0 Å². The largest absolute Gasteiger partial charge is 0.343 e. The summed E-state index contributed by atoms with van der Waals surface area (Å²) in [6.07, 6.45) is 1.80. The van der Waals surface area contributed by atoms with Crippen LogP contribution in [0.3, 0.4) is 0 Å². The zero-order chi connectivity index (χ0) is 14.8. The van der Waals surface area contributed by atoms with Crippen molar-refractivity contribution >= 4 is 11.8 Å². The van der Waals surface area contributed by atoms with Crippen LogP contribution in [0.2, 0.25) is 0 Å². The maximum Gasteiger partial charge on any atom is 0.245 e. The van der Waals surface area contributed by atoms with Crippen LogP contribution in [0.1, 0.15) is 54.4 Å². The van der Waals surface area contributed by atoms with Crippen LogP contribution in [0.25, 0.3) is 0 Å². The monoisotopic (exact) mass is 268 g/mol. The first-order valence-electron chi connectivity index (χ1n) is 7.28. The van der Waals surface area contributed by atoms with Crippen molar-refractivity contribution < 1.29 is 9.59 Å². The van der Waals surface area contributed by atoms with E-state index in [1.807, 2.05) is 6.92 Å². The number of piperazine rings is 1. The van der Waals surface area contributed by atoms with Gasteiger partial charge in [0.05, 0.1) is 0 Å². The van der Waals surface area contributed by atoms with Gasteiger partial charge in [0.15, 0.2) is 0 Å². The van der Waals surface area contributed by atoms with E-state index in [1.54, 1.807) is 11.8 Å². The molecule has 0 aromatic carbocycles. The molecule has 3 atom stereocenters. The smallest absolute Gasteiger partial charge is 0.245 e. The predicted octanol–water partition coefficient (Wildman–Crippen LogP) is 2.18. The summed E-state index contributed by atoms with van der Waals surface area (Å²) in [7, 11) is 0. The van der Waals surface area contributed by atoms with Crippen molar-refractivity contribution in [1.29, 1.82) is 0 Å². The van der Waals surface area contributed by atoms with Gasteiger partial charge in [-0.15, -0.1) is 0 Å². The normalized spacial score (nSPS) is 26.3. The maximum absolute atomic E-state index is 12.3. The molecule has 0 aromatic heterocycles. The summed E-state index contributed by atoms with van der Waals surface area (Å²) in [5.41, 5.74) is 0.164. The molecule has 2 amide bonds. The SMILES string of the molecule is CCC(C)C1C(=O)NC(C)C(=O)N1CCC(C)(C)C. The fourth-order valence-corrected chi connectivity index (χ4v) is 2.38. The number of hydrogen-bond acceptors (Lipinski definition) is 2. The van der Waals surface area contributed by atoms with Crippen LogP contribution in [0.5, 0.6) is 0 Å². The van der Waals surface area contributed by atoms with Crippen LogP contribution >= 0.6 is 0 Å². The third kappa shape index (κ3) is 3.95. The summed E-state index contributed by atoms with van der Waals surface area (Å²) < 4.78 is 0. The van der Waals surface area contributed by atoms with Gasteiger partial charge in [0, 0.05) is 6.54 Å². The van der Waals surface area contributed by atoms with Gasteiger partial charge < -0.3 is 10.2 Å². The fourth-order valence-electron chi connectivity index (χ4n) is 2.38. The quantitative estimate of drug-likeness (QED) is 0.849. The first kappa shape index (κ1) is 16.0. The second-order valence-corrected chi connectivity index (χ2v) is 6.90. The molecule has 0 radical (unpaired) electrons. The Bertz CT molecular complexity index is 347. The molecule has 1 fully saturated rings.